The first kappa shape index (κ1) is 20.5. The molecule has 0 aliphatic heterocycles. The quantitative estimate of drug-likeness (QED) is 0.215. The van der Waals surface area contributed by atoms with Gasteiger partial charge in [0.2, 0.25) is 0 Å². The Kier molecular flexibility index (Phi) is 4.06. The van der Waals surface area contributed by atoms with Crippen molar-refractivity contribution in [3.8, 4) is 11.1 Å². The van der Waals surface area contributed by atoms with E-state index >= 15 is 0 Å². The van der Waals surface area contributed by atoms with Gasteiger partial charge in [-0.3, -0.25) is 8.80 Å². The Hall–Kier alpha value is -4.52. The van der Waals surface area contributed by atoms with E-state index in [9.17, 15) is 0 Å². The Labute approximate surface area is 224 Å². The van der Waals surface area contributed by atoms with E-state index in [0.717, 1.165) is 43.0 Å². The van der Waals surface area contributed by atoms with E-state index in [4.69, 9.17) is 9.97 Å². The average Bonchev–Trinajstić information content (AvgIpc) is 3.61. The van der Waals surface area contributed by atoms with E-state index in [2.05, 4.69) is 112 Å². The van der Waals surface area contributed by atoms with Crippen LogP contribution in [0.25, 0.3) is 74.3 Å². The van der Waals surface area contributed by atoms with Gasteiger partial charge in [0.05, 0.1) is 33.1 Å². The number of hydrogen-bond acceptors (Lipinski definition) is 4. The van der Waals surface area contributed by atoms with Gasteiger partial charge in [0.25, 0.3) is 0 Å². The normalized spacial score (nSPS) is 12.2. The fourth-order valence-electron chi connectivity index (χ4n) is 5.73. The molecule has 178 valence electrons. The maximum atomic E-state index is 5.04. The molecule has 4 nitrogen and oxygen atoms in total. The molecule has 0 saturated heterocycles. The highest BCUT2D eigenvalue weighted by Crippen LogP contribution is 2.41. The van der Waals surface area contributed by atoms with Crippen LogP contribution in [0.4, 0.5) is 0 Å². The number of rotatable bonds is 1. The summed E-state index contributed by atoms with van der Waals surface area (Å²) in [5.41, 5.74) is 8.85. The van der Waals surface area contributed by atoms with Gasteiger partial charge >= 0.3 is 0 Å². The topological polar surface area (TPSA) is 34.6 Å². The summed E-state index contributed by atoms with van der Waals surface area (Å²) in [4.78, 5) is 11.9. The standard InChI is InChI=1S/C32H18N4S2/c1-6-15-29-21(8-1)22-10-7-9-20(30(22)37-29)19-16-17-27-28(18-19)36-26-14-5-3-12-24(26)34-32(36)38-31-33-23-11-2-4-13-25(23)35(27)31/h1-18H. The lowest BCUT2D eigenvalue weighted by atomic mass is 10.0. The molecular formula is C32H18N4S2. The van der Waals surface area contributed by atoms with Crippen molar-refractivity contribution < 1.29 is 0 Å². The van der Waals surface area contributed by atoms with Crippen LogP contribution in [0.5, 0.6) is 0 Å². The average molecular weight is 523 g/mol. The lowest BCUT2D eigenvalue weighted by Crippen LogP contribution is -1.90. The number of thiophene rings is 1. The summed E-state index contributed by atoms with van der Waals surface area (Å²) in [7, 11) is 0. The van der Waals surface area contributed by atoms with Gasteiger partial charge in [-0.25, -0.2) is 9.97 Å². The van der Waals surface area contributed by atoms with Gasteiger partial charge in [0.15, 0.2) is 9.92 Å². The fraction of sp³-hybridized carbons (Fsp3) is 0. The van der Waals surface area contributed by atoms with Gasteiger partial charge in [-0.1, -0.05) is 78.1 Å². The summed E-state index contributed by atoms with van der Waals surface area (Å²) >= 11 is 3.49. The highest BCUT2D eigenvalue weighted by molar-refractivity contribution is 7.26. The summed E-state index contributed by atoms with van der Waals surface area (Å²) in [5.74, 6) is 0. The minimum absolute atomic E-state index is 0.929. The Morgan fingerprint density at radius 2 is 1.16 bits per heavy atom. The summed E-state index contributed by atoms with van der Waals surface area (Å²) in [5, 5.41) is 2.63. The van der Waals surface area contributed by atoms with Crippen molar-refractivity contribution in [3.05, 3.63) is 109 Å². The van der Waals surface area contributed by atoms with Crippen molar-refractivity contribution in [2.45, 2.75) is 0 Å². The van der Waals surface area contributed by atoms with Crippen molar-refractivity contribution in [3.63, 3.8) is 0 Å². The second-order valence-electron chi connectivity index (χ2n) is 9.52. The molecule has 6 heteroatoms. The summed E-state index contributed by atoms with van der Waals surface area (Å²) in [6.45, 7) is 0. The fourth-order valence-corrected chi connectivity index (χ4v) is 7.99. The molecule has 0 atom stereocenters. The van der Waals surface area contributed by atoms with Crippen LogP contribution >= 0.6 is 22.7 Å². The Balaban J connectivity index is 1.48. The second-order valence-corrected chi connectivity index (χ2v) is 11.5. The van der Waals surface area contributed by atoms with Gasteiger partial charge < -0.3 is 0 Å². The van der Waals surface area contributed by atoms with Crippen molar-refractivity contribution in [1.29, 1.82) is 0 Å². The molecule has 4 heterocycles. The molecule has 0 fully saturated rings. The Morgan fingerprint density at radius 3 is 1.95 bits per heavy atom. The van der Waals surface area contributed by atoms with E-state index in [-0.39, 0.29) is 0 Å². The van der Waals surface area contributed by atoms with Crippen LogP contribution in [0, 0.1) is 0 Å². The molecule has 5 aromatic carbocycles. The van der Waals surface area contributed by atoms with Crippen LogP contribution in [0.2, 0.25) is 0 Å². The van der Waals surface area contributed by atoms with Crippen LogP contribution in [0.3, 0.4) is 0 Å². The molecule has 4 aromatic heterocycles. The number of fused-ring (bicyclic) bond motifs is 12. The number of para-hydroxylation sites is 4. The lowest BCUT2D eigenvalue weighted by molar-refractivity contribution is 1.29. The Bertz CT molecular complexity index is 2420. The zero-order valence-corrected chi connectivity index (χ0v) is 21.6. The summed E-state index contributed by atoms with van der Waals surface area (Å²) in [6, 6.07) is 38.9. The van der Waals surface area contributed by atoms with Crippen LogP contribution in [-0.4, -0.2) is 18.8 Å². The third-order valence-corrected chi connectivity index (χ3v) is 9.55. The lowest BCUT2D eigenvalue weighted by Gasteiger charge is -2.07. The largest absolute Gasteiger partial charge is 0.282 e. The molecule has 0 amide bonds. The molecule has 0 radical (unpaired) electrons. The Morgan fingerprint density at radius 1 is 0.500 bits per heavy atom. The monoisotopic (exact) mass is 522 g/mol. The molecular weight excluding hydrogens is 505 g/mol. The van der Waals surface area contributed by atoms with E-state index in [1.165, 1.54) is 31.3 Å². The van der Waals surface area contributed by atoms with Crippen LogP contribution < -0.4 is 0 Å². The highest BCUT2D eigenvalue weighted by Gasteiger charge is 2.16. The van der Waals surface area contributed by atoms with E-state index < -0.39 is 0 Å². The number of benzene rings is 5. The van der Waals surface area contributed by atoms with Crippen LogP contribution in [0.1, 0.15) is 0 Å². The number of nitrogens with zero attached hydrogens (tertiary/aromatic N) is 4. The van der Waals surface area contributed by atoms with Crippen molar-refractivity contribution >= 4 is 85.9 Å². The minimum atomic E-state index is 0.929. The molecule has 0 aliphatic carbocycles. The van der Waals surface area contributed by atoms with Crippen LogP contribution in [0.15, 0.2) is 109 Å². The smallest absolute Gasteiger partial charge is 0.198 e. The highest BCUT2D eigenvalue weighted by atomic mass is 32.1. The summed E-state index contributed by atoms with van der Waals surface area (Å²) < 4.78 is 7.22. The molecule has 0 unspecified atom stereocenters. The second kappa shape index (κ2) is 7.51. The molecule has 0 bridgehead atoms. The van der Waals surface area contributed by atoms with Gasteiger partial charge in [0, 0.05) is 20.2 Å². The van der Waals surface area contributed by atoms with E-state index in [1.807, 2.05) is 17.4 Å². The summed E-state index contributed by atoms with van der Waals surface area (Å²) in [6.07, 6.45) is 0. The van der Waals surface area contributed by atoms with Crippen molar-refractivity contribution in [2.24, 2.45) is 0 Å². The van der Waals surface area contributed by atoms with Gasteiger partial charge in [-0.15, -0.1) is 11.3 Å². The molecule has 9 aromatic rings. The molecule has 0 N–H and O–H groups in total. The first-order valence-corrected chi connectivity index (χ1v) is 14.1. The van der Waals surface area contributed by atoms with Crippen LogP contribution in [-0.2, 0) is 0 Å². The first-order chi connectivity index (χ1) is 18.8. The molecule has 0 saturated carbocycles. The molecule has 0 aliphatic rings. The molecule has 0 spiro atoms. The number of aromatic nitrogens is 4. The third-order valence-electron chi connectivity index (χ3n) is 7.42. The zero-order valence-electron chi connectivity index (χ0n) is 20.0. The first-order valence-electron chi connectivity index (χ1n) is 12.5. The van der Waals surface area contributed by atoms with Gasteiger partial charge in [-0.2, -0.15) is 0 Å². The molecule has 38 heavy (non-hydrogen) atoms. The van der Waals surface area contributed by atoms with Crippen molar-refractivity contribution in [1.82, 2.24) is 18.8 Å². The van der Waals surface area contributed by atoms with E-state index in [1.54, 1.807) is 11.3 Å². The minimum Gasteiger partial charge on any atom is -0.282 e. The van der Waals surface area contributed by atoms with Gasteiger partial charge in [0.1, 0.15) is 0 Å². The number of hydrogen-bond donors (Lipinski definition) is 0. The maximum absolute atomic E-state index is 5.04. The van der Waals surface area contributed by atoms with Crippen molar-refractivity contribution in [2.75, 3.05) is 0 Å². The van der Waals surface area contributed by atoms with Gasteiger partial charge in [-0.05, 0) is 53.6 Å². The van der Waals surface area contributed by atoms with E-state index in [0.29, 0.717) is 0 Å². The third kappa shape index (κ3) is 2.73. The predicted molar refractivity (Wildman–Crippen MR) is 161 cm³/mol. The number of imidazole rings is 2. The molecule has 9 rings (SSSR count). The maximum Gasteiger partial charge on any atom is 0.198 e. The predicted octanol–water partition coefficient (Wildman–Crippen LogP) is 9.10. The zero-order chi connectivity index (χ0) is 24.8. The SMILES string of the molecule is c1ccc2c(c1)nc1sc3nc4ccccc4n3c3cc(-c4cccc5c4sc4ccccc45)ccc3n12.